The van der Waals surface area contributed by atoms with E-state index in [2.05, 4.69) is 181 Å². The van der Waals surface area contributed by atoms with Crippen molar-refractivity contribution in [2.75, 3.05) is 9.80 Å². The predicted molar refractivity (Wildman–Crippen MR) is 198 cm³/mol. The van der Waals surface area contributed by atoms with Gasteiger partial charge in [0.05, 0.1) is 22.7 Å². The van der Waals surface area contributed by atoms with Crippen molar-refractivity contribution in [3.63, 3.8) is 0 Å². The van der Waals surface area contributed by atoms with Crippen LogP contribution >= 0.6 is 0 Å². The Labute approximate surface area is 269 Å². The fraction of sp³-hybridized carbons (Fsp3) is 0.0455. The Hall–Kier alpha value is -5.86. The molecular weight excluding hydrogens is 556 g/mol. The molecule has 0 aliphatic carbocycles. The Kier molecular flexibility index (Phi) is 5.97. The van der Waals surface area contributed by atoms with Crippen molar-refractivity contribution in [2.45, 2.75) is 13.8 Å². The third kappa shape index (κ3) is 4.04. The van der Waals surface area contributed by atoms with Crippen LogP contribution in [0.1, 0.15) is 33.4 Å². The molecule has 0 bridgehead atoms. The van der Waals surface area contributed by atoms with Gasteiger partial charge in [0.25, 0.3) is 0 Å². The minimum atomic E-state index is 1.17. The molecule has 2 aliphatic heterocycles. The Morgan fingerprint density at radius 1 is 0.326 bits per heavy atom. The van der Waals surface area contributed by atoms with E-state index in [1.807, 2.05) is 0 Å². The molecule has 2 heterocycles. The number of nitrogens with zero attached hydrogens (tertiary/aromatic N) is 2. The maximum absolute atomic E-state index is 2.41. The lowest BCUT2D eigenvalue weighted by molar-refractivity contribution is 1.28. The van der Waals surface area contributed by atoms with Crippen LogP contribution in [0, 0.1) is 13.8 Å². The number of para-hydroxylation sites is 4. The van der Waals surface area contributed by atoms with Crippen LogP contribution in [-0.2, 0) is 0 Å². The van der Waals surface area contributed by atoms with Gasteiger partial charge in [-0.15, -0.1) is 0 Å². The Bertz CT molecular complexity index is 2140. The van der Waals surface area contributed by atoms with E-state index in [9.17, 15) is 0 Å². The summed E-state index contributed by atoms with van der Waals surface area (Å²) in [5.41, 5.74) is 14.5. The van der Waals surface area contributed by atoms with Crippen molar-refractivity contribution >= 4 is 80.0 Å². The summed E-state index contributed by atoms with van der Waals surface area (Å²) in [6.45, 7) is 4.56. The molecule has 7 aromatic rings. The largest absolute Gasteiger partial charge is 0.309 e. The number of aryl methyl sites for hydroxylation is 2. The average molecular weight is 589 g/mol. The highest BCUT2D eigenvalue weighted by atomic mass is 15.2. The second kappa shape index (κ2) is 10.4. The van der Waals surface area contributed by atoms with Gasteiger partial charge in [-0.2, -0.15) is 0 Å². The molecule has 2 nitrogen and oxygen atoms in total. The molecule has 0 N–H and O–H groups in total. The molecule has 2 heteroatoms. The van der Waals surface area contributed by atoms with Crippen LogP contribution < -0.4 is 9.80 Å². The van der Waals surface area contributed by atoms with Crippen LogP contribution in [0.4, 0.5) is 34.1 Å². The van der Waals surface area contributed by atoms with Crippen molar-refractivity contribution in [2.24, 2.45) is 0 Å². The fourth-order valence-corrected chi connectivity index (χ4v) is 7.41. The summed E-state index contributed by atoms with van der Waals surface area (Å²) in [7, 11) is 0. The van der Waals surface area contributed by atoms with Crippen LogP contribution in [0.2, 0.25) is 0 Å². The zero-order valence-corrected chi connectivity index (χ0v) is 25.9. The molecule has 0 radical (unpaired) electrons. The van der Waals surface area contributed by atoms with Crippen molar-refractivity contribution < 1.29 is 0 Å². The summed E-state index contributed by atoms with van der Waals surface area (Å²) < 4.78 is 0. The molecule has 0 saturated carbocycles. The summed E-state index contributed by atoms with van der Waals surface area (Å²) in [6, 6.07) is 48.7. The van der Waals surface area contributed by atoms with Gasteiger partial charge in [0.15, 0.2) is 0 Å². The van der Waals surface area contributed by atoms with E-state index in [-0.39, 0.29) is 0 Å². The fourth-order valence-electron chi connectivity index (χ4n) is 7.41. The van der Waals surface area contributed by atoms with Crippen molar-refractivity contribution in [1.29, 1.82) is 0 Å². The minimum absolute atomic E-state index is 1.17. The molecule has 218 valence electrons. The third-order valence-corrected chi connectivity index (χ3v) is 9.73. The molecule has 0 atom stereocenters. The molecule has 0 aromatic heterocycles. The highest BCUT2D eigenvalue weighted by molar-refractivity contribution is 6.09. The lowest BCUT2D eigenvalue weighted by atomic mass is 9.92. The molecule has 0 saturated heterocycles. The van der Waals surface area contributed by atoms with Gasteiger partial charge in [0.2, 0.25) is 0 Å². The second-order valence-electron chi connectivity index (χ2n) is 12.3. The summed E-state index contributed by atoms with van der Waals surface area (Å²) in [5.74, 6) is 0. The quantitative estimate of drug-likeness (QED) is 0.185. The van der Waals surface area contributed by atoms with Crippen molar-refractivity contribution in [3.05, 3.63) is 167 Å². The van der Waals surface area contributed by atoms with Gasteiger partial charge >= 0.3 is 0 Å². The minimum Gasteiger partial charge on any atom is -0.309 e. The topological polar surface area (TPSA) is 6.48 Å². The number of anilines is 6. The van der Waals surface area contributed by atoms with Gasteiger partial charge in [-0.3, -0.25) is 0 Å². The average Bonchev–Trinajstić information content (AvgIpc) is 3.38. The second-order valence-corrected chi connectivity index (χ2v) is 12.3. The standard InChI is InChI=1S/C44H32N2/c1-29-37-25-23-36(46-43-17-9-5-13-33(43)21-22-34-14-6-10-18-44(34)46)28-40(37)30(2)38-26-24-35(27-39(29)38)45-41-15-7-3-11-31(41)19-20-32-12-4-8-16-42(32)45/h3-28H,1-2H3. The first-order valence-electron chi connectivity index (χ1n) is 15.9. The SMILES string of the molecule is Cc1c2ccc(N3c4ccccc4C=Cc4ccccc43)cc2c(C)c2ccc(N3c4ccccc4C=Cc4ccccc43)cc12. The van der Waals surface area contributed by atoms with Crippen LogP contribution in [0.15, 0.2) is 133 Å². The van der Waals surface area contributed by atoms with E-state index in [0.29, 0.717) is 0 Å². The highest BCUT2D eigenvalue weighted by Crippen LogP contribution is 2.46. The van der Waals surface area contributed by atoms with Crippen molar-refractivity contribution in [1.82, 2.24) is 0 Å². The van der Waals surface area contributed by atoms with Crippen molar-refractivity contribution in [3.8, 4) is 0 Å². The third-order valence-electron chi connectivity index (χ3n) is 9.73. The van der Waals surface area contributed by atoms with E-state index in [0.717, 1.165) is 0 Å². The van der Waals surface area contributed by atoms with Gasteiger partial charge in [-0.05, 0) is 117 Å². The molecule has 9 rings (SSSR count). The van der Waals surface area contributed by atoms with Crippen LogP contribution in [0.25, 0.3) is 45.8 Å². The molecule has 0 amide bonds. The number of rotatable bonds is 2. The Balaban J connectivity index is 1.23. The molecule has 46 heavy (non-hydrogen) atoms. The maximum atomic E-state index is 2.41. The molecular formula is C44H32N2. The maximum Gasteiger partial charge on any atom is 0.0534 e. The van der Waals surface area contributed by atoms with Crippen LogP contribution in [0.3, 0.4) is 0 Å². The normalized spacial score (nSPS) is 13.2. The van der Waals surface area contributed by atoms with Crippen LogP contribution in [0.5, 0.6) is 0 Å². The van der Waals surface area contributed by atoms with Gasteiger partial charge in [-0.25, -0.2) is 0 Å². The molecule has 0 spiro atoms. The number of fused-ring (bicyclic) bond motifs is 6. The van der Waals surface area contributed by atoms with E-state index in [1.165, 1.54) is 89.0 Å². The smallest absolute Gasteiger partial charge is 0.0534 e. The van der Waals surface area contributed by atoms with Gasteiger partial charge in [0, 0.05) is 11.4 Å². The molecule has 7 aromatic carbocycles. The van der Waals surface area contributed by atoms with Gasteiger partial charge < -0.3 is 9.80 Å². The zero-order valence-electron chi connectivity index (χ0n) is 25.9. The van der Waals surface area contributed by atoms with E-state index in [1.54, 1.807) is 0 Å². The first-order valence-corrected chi connectivity index (χ1v) is 15.9. The monoisotopic (exact) mass is 588 g/mol. The predicted octanol–water partition coefficient (Wildman–Crippen LogP) is 12.5. The summed E-state index contributed by atoms with van der Waals surface area (Å²) in [5, 5.41) is 5.16. The Morgan fingerprint density at radius 3 is 0.957 bits per heavy atom. The first kappa shape index (κ1) is 26.5. The Morgan fingerprint density at radius 2 is 0.630 bits per heavy atom. The van der Waals surface area contributed by atoms with E-state index >= 15 is 0 Å². The summed E-state index contributed by atoms with van der Waals surface area (Å²) in [6.07, 6.45) is 8.92. The van der Waals surface area contributed by atoms with E-state index < -0.39 is 0 Å². The lowest BCUT2D eigenvalue weighted by Gasteiger charge is -2.28. The zero-order chi connectivity index (χ0) is 30.8. The molecule has 2 aliphatic rings. The first-order chi connectivity index (χ1) is 22.7. The lowest BCUT2D eigenvalue weighted by Crippen LogP contribution is -2.12. The van der Waals surface area contributed by atoms with Gasteiger partial charge in [0.1, 0.15) is 0 Å². The summed E-state index contributed by atoms with van der Waals surface area (Å²) in [4.78, 5) is 4.82. The van der Waals surface area contributed by atoms with Gasteiger partial charge in [-0.1, -0.05) is 109 Å². The molecule has 0 unspecified atom stereocenters. The highest BCUT2D eigenvalue weighted by Gasteiger charge is 2.23. The number of hydrogen-bond donors (Lipinski definition) is 0. The van der Waals surface area contributed by atoms with E-state index in [4.69, 9.17) is 0 Å². The van der Waals surface area contributed by atoms with Crippen LogP contribution in [-0.4, -0.2) is 0 Å². The molecule has 0 fully saturated rings. The number of hydrogen-bond acceptors (Lipinski definition) is 2. The summed E-state index contributed by atoms with van der Waals surface area (Å²) >= 11 is 0. The number of benzene rings is 7.